The van der Waals surface area contributed by atoms with Crippen LogP contribution in [0.15, 0.2) is 54.7 Å². The van der Waals surface area contributed by atoms with Crippen LogP contribution in [0.25, 0.3) is 28.2 Å². The van der Waals surface area contributed by atoms with Crippen molar-refractivity contribution in [2.45, 2.75) is 32.7 Å². The molecule has 0 atom stereocenters. The summed E-state index contributed by atoms with van der Waals surface area (Å²) < 4.78 is 1.96. The van der Waals surface area contributed by atoms with E-state index in [1.165, 1.54) is 0 Å². The molecule has 0 aliphatic heterocycles. The minimum absolute atomic E-state index is 0.0130. The van der Waals surface area contributed by atoms with Crippen LogP contribution in [0.4, 0.5) is 0 Å². The van der Waals surface area contributed by atoms with Crippen LogP contribution in [0.2, 0.25) is 5.02 Å². The number of hydrogen-bond donors (Lipinski definition) is 1. The SMILES string of the molecule is Cc1ccc(C(=O)NC2CC2)cc1-c1cc2nnc(-c3ccccc3Cl)n2cc1C. The van der Waals surface area contributed by atoms with Crippen LogP contribution in [0.5, 0.6) is 0 Å². The van der Waals surface area contributed by atoms with Gasteiger partial charge in [-0.25, -0.2) is 0 Å². The van der Waals surface area contributed by atoms with Gasteiger partial charge in [0.1, 0.15) is 0 Å². The predicted octanol–water partition coefficient (Wildman–Crippen LogP) is 5.23. The number of hydrogen-bond acceptors (Lipinski definition) is 3. The molecule has 1 N–H and O–H groups in total. The molecule has 1 fully saturated rings. The number of benzene rings is 2. The first kappa shape index (κ1) is 18.8. The highest BCUT2D eigenvalue weighted by Gasteiger charge is 2.24. The van der Waals surface area contributed by atoms with Crippen molar-refractivity contribution in [1.82, 2.24) is 19.9 Å². The Morgan fingerprint density at radius 2 is 1.77 bits per heavy atom. The van der Waals surface area contributed by atoms with Gasteiger partial charge >= 0.3 is 0 Å². The molecule has 1 aliphatic rings. The van der Waals surface area contributed by atoms with Crippen molar-refractivity contribution >= 4 is 23.2 Å². The molecule has 1 amide bonds. The molecule has 4 aromatic rings. The summed E-state index contributed by atoms with van der Waals surface area (Å²) in [7, 11) is 0. The number of aromatic nitrogens is 3. The average molecular weight is 417 g/mol. The monoisotopic (exact) mass is 416 g/mol. The molecule has 30 heavy (non-hydrogen) atoms. The summed E-state index contributed by atoms with van der Waals surface area (Å²) in [4.78, 5) is 12.5. The Kier molecular flexibility index (Phi) is 4.55. The Labute approximate surface area is 179 Å². The van der Waals surface area contributed by atoms with Gasteiger partial charge in [-0.15, -0.1) is 10.2 Å². The summed E-state index contributed by atoms with van der Waals surface area (Å²) in [5.41, 5.74) is 6.50. The van der Waals surface area contributed by atoms with Crippen molar-refractivity contribution in [3.8, 4) is 22.5 Å². The lowest BCUT2D eigenvalue weighted by atomic mass is 9.95. The van der Waals surface area contributed by atoms with Gasteiger partial charge in [-0.05, 0) is 79.3 Å². The lowest BCUT2D eigenvalue weighted by Crippen LogP contribution is -2.25. The molecule has 0 saturated heterocycles. The van der Waals surface area contributed by atoms with Gasteiger partial charge in [-0.2, -0.15) is 0 Å². The fourth-order valence-electron chi connectivity index (χ4n) is 3.70. The third-order valence-electron chi connectivity index (χ3n) is 5.56. The van der Waals surface area contributed by atoms with Crippen LogP contribution in [0.1, 0.15) is 34.3 Å². The van der Waals surface area contributed by atoms with Crippen LogP contribution >= 0.6 is 11.6 Å². The summed E-state index contributed by atoms with van der Waals surface area (Å²) in [5.74, 6) is 0.695. The fourth-order valence-corrected chi connectivity index (χ4v) is 3.92. The number of halogens is 1. The van der Waals surface area contributed by atoms with Gasteiger partial charge in [0.05, 0.1) is 5.02 Å². The van der Waals surface area contributed by atoms with Gasteiger partial charge < -0.3 is 5.32 Å². The molecule has 0 spiro atoms. The van der Waals surface area contributed by atoms with Gasteiger partial charge in [-0.3, -0.25) is 9.20 Å². The molecular formula is C24H21ClN4O. The highest BCUT2D eigenvalue weighted by atomic mass is 35.5. The number of aryl methyl sites for hydroxylation is 2. The quantitative estimate of drug-likeness (QED) is 0.495. The van der Waals surface area contributed by atoms with Crippen molar-refractivity contribution in [3.63, 3.8) is 0 Å². The Hall–Kier alpha value is -3.18. The lowest BCUT2D eigenvalue weighted by molar-refractivity contribution is 0.0951. The second kappa shape index (κ2) is 7.26. The number of rotatable bonds is 4. The van der Waals surface area contributed by atoms with Crippen molar-refractivity contribution in [3.05, 3.63) is 76.4 Å². The largest absolute Gasteiger partial charge is 0.349 e. The standard InChI is InChI=1S/C24H21ClN4O/c1-14-7-8-16(24(30)26-17-9-10-17)11-19(14)20-12-22-27-28-23(29(22)13-15(20)2)18-5-3-4-6-21(18)25/h3-8,11-13,17H,9-10H2,1-2H3,(H,26,30). The van der Waals surface area contributed by atoms with E-state index in [1.807, 2.05) is 59.1 Å². The number of fused-ring (bicyclic) bond motifs is 1. The van der Waals surface area contributed by atoms with Crippen molar-refractivity contribution in [2.24, 2.45) is 0 Å². The highest BCUT2D eigenvalue weighted by molar-refractivity contribution is 6.33. The first-order valence-corrected chi connectivity index (χ1v) is 10.4. The zero-order chi connectivity index (χ0) is 20.8. The molecule has 5 rings (SSSR count). The zero-order valence-electron chi connectivity index (χ0n) is 16.8. The Bertz CT molecular complexity index is 1290. The summed E-state index contributed by atoms with van der Waals surface area (Å²) in [6, 6.07) is 15.8. The van der Waals surface area contributed by atoms with Crippen molar-refractivity contribution in [2.75, 3.05) is 0 Å². The number of nitrogens with one attached hydrogen (secondary N) is 1. The van der Waals surface area contributed by atoms with E-state index in [0.29, 0.717) is 22.5 Å². The molecule has 0 bridgehead atoms. The average Bonchev–Trinajstić information content (AvgIpc) is 3.46. The maximum Gasteiger partial charge on any atom is 0.251 e. The number of pyridine rings is 1. The molecule has 0 radical (unpaired) electrons. The predicted molar refractivity (Wildman–Crippen MR) is 119 cm³/mol. The second-order valence-electron chi connectivity index (χ2n) is 7.88. The third kappa shape index (κ3) is 3.35. The minimum Gasteiger partial charge on any atom is -0.349 e. The molecule has 1 saturated carbocycles. The summed E-state index contributed by atoms with van der Waals surface area (Å²) in [5, 5.41) is 12.4. The fraction of sp³-hybridized carbons (Fsp3) is 0.208. The first-order valence-electron chi connectivity index (χ1n) is 10.0. The van der Waals surface area contributed by atoms with Crippen LogP contribution in [0.3, 0.4) is 0 Å². The Balaban J connectivity index is 1.59. The summed E-state index contributed by atoms with van der Waals surface area (Å²) >= 11 is 6.37. The van der Waals surface area contributed by atoms with E-state index in [0.717, 1.165) is 46.3 Å². The zero-order valence-corrected chi connectivity index (χ0v) is 17.6. The maximum atomic E-state index is 12.5. The topological polar surface area (TPSA) is 59.3 Å². The second-order valence-corrected chi connectivity index (χ2v) is 8.29. The van der Waals surface area contributed by atoms with Gasteiger partial charge in [0.15, 0.2) is 11.5 Å². The van der Waals surface area contributed by atoms with Crippen LogP contribution < -0.4 is 5.32 Å². The van der Waals surface area contributed by atoms with E-state index >= 15 is 0 Å². The van der Waals surface area contributed by atoms with E-state index in [-0.39, 0.29) is 5.91 Å². The van der Waals surface area contributed by atoms with Gasteiger partial charge in [0.2, 0.25) is 0 Å². The Morgan fingerprint density at radius 3 is 2.53 bits per heavy atom. The molecule has 5 nitrogen and oxygen atoms in total. The molecule has 0 unspecified atom stereocenters. The molecule has 2 aromatic carbocycles. The molecule has 2 heterocycles. The maximum absolute atomic E-state index is 12.5. The smallest absolute Gasteiger partial charge is 0.251 e. The number of carbonyl (C=O) groups is 1. The molecule has 150 valence electrons. The number of nitrogens with zero attached hydrogens (tertiary/aromatic N) is 3. The number of carbonyl (C=O) groups excluding carboxylic acids is 1. The molecular weight excluding hydrogens is 396 g/mol. The van der Waals surface area contributed by atoms with Gasteiger partial charge in [0.25, 0.3) is 5.91 Å². The third-order valence-corrected chi connectivity index (χ3v) is 5.89. The molecule has 6 heteroatoms. The van der Waals surface area contributed by atoms with E-state index in [2.05, 4.69) is 29.4 Å². The highest BCUT2D eigenvalue weighted by Crippen LogP contribution is 2.32. The van der Waals surface area contributed by atoms with E-state index < -0.39 is 0 Å². The van der Waals surface area contributed by atoms with Crippen molar-refractivity contribution in [1.29, 1.82) is 0 Å². The summed E-state index contributed by atoms with van der Waals surface area (Å²) in [6.07, 6.45) is 4.17. The normalized spacial score (nSPS) is 13.6. The Morgan fingerprint density at radius 1 is 1.00 bits per heavy atom. The summed E-state index contributed by atoms with van der Waals surface area (Å²) in [6.45, 7) is 4.11. The first-order chi connectivity index (χ1) is 14.5. The minimum atomic E-state index is -0.0130. The van der Waals surface area contributed by atoms with Crippen molar-refractivity contribution < 1.29 is 4.79 Å². The van der Waals surface area contributed by atoms with Crippen LogP contribution in [-0.2, 0) is 0 Å². The molecule has 1 aliphatic carbocycles. The van der Waals surface area contributed by atoms with E-state index in [4.69, 9.17) is 11.6 Å². The van der Waals surface area contributed by atoms with Crippen LogP contribution in [-0.4, -0.2) is 26.5 Å². The van der Waals surface area contributed by atoms with Gasteiger partial charge in [0, 0.05) is 23.4 Å². The van der Waals surface area contributed by atoms with E-state index in [9.17, 15) is 4.79 Å². The van der Waals surface area contributed by atoms with Crippen LogP contribution in [0, 0.1) is 13.8 Å². The lowest BCUT2D eigenvalue weighted by Gasteiger charge is -2.13. The van der Waals surface area contributed by atoms with E-state index in [1.54, 1.807) is 0 Å². The number of amides is 1. The molecule has 2 aromatic heterocycles. The van der Waals surface area contributed by atoms with Gasteiger partial charge in [-0.1, -0.05) is 29.8 Å².